The molecule has 14 heavy (non-hydrogen) atoms. The van der Waals surface area contributed by atoms with Crippen molar-refractivity contribution in [3.63, 3.8) is 0 Å². The number of fused-ring (bicyclic) bond motifs is 1. The van der Waals surface area contributed by atoms with E-state index in [1.165, 1.54) is 0 Å². The number of hydrogen-bond donors (Lipinski definition) is 0. The molecule has 74 valence electrons. The number of methoxy groups -OCH3 is 1. The molecular formula is C10H11ClN2O. The number of ether oxygens (including phenoxy) is 1. The van der Waals surface area contributed by atoms with Crippen LogP contribution >= 0.6 is 11.6 Å². The molecule has 0 bridgehead atoms. The van der Waals surface area contributed by atoms with Gasteiger partial charge in [0.15, 0.2) is 0 Å². The second-order valence-corrected chi connectivity index (χ2v) is 3.62. The van der Waals surface area contributed by atoms with E-state index in [2.05, 4.69) is 5.10 Å². The average Bonchev–Trinajstić information content (AvgIpc) is 2.41. The third kappa shape index (κ3) is 1.24. The van der Waals surface area contributed by atoms with Gasteiger partial charge in [-0.1, -0.05) is 11.6 Å². The molecule has 0 aliphatic rings. The number of aryl methyl sites for hydroxylation is 2. The van der Waals surface area contributed by atoms with E-state index in [9.17, 15) is 0 Å². The zero-order valence-corrected chi connectivity index (χ0v) is 9.09. The maximum absolute atomic E-state index is 6.02. The molecule has 2 aromatic rings. The summed E-state index contributed by atoms with van der Waals surface area (Å²) >= 11 is 6.02. The van der Waals surface area contributed by atoms with Gasteiger partial charge in [-0.3, -0.25) is 4.68 Å². The lowest BCUT2D eigenvalue weighted by Gasteiger charge is -2.03. The van der Waals surface area contributed by atoms with Crippen LogP contribution in [-0.2, 0) is 7.05 Å². The molecule has 2 rings (SSSR count). The molecule has 1 aromatic carbocycles. The maximum atomic E-state index is 6.02. The molecule has 4 heteroatoms. The van der Waals surface area contributed by atoms with Crippen molar-refractivity contribution in [1.29, 1.82) is 0 Å². The van der Waals surface area contributed by atoms with Gasteiger partial charge in [0, 0.05) is 18.5 Å². The Kier molecular flexibility index (Phi) is 2.11. The van der Waals surface area contributed by atoms with Gasteiger partial charge in [0.25, 0.3) is 0 Å². The van der Waals surface area contributed by atoms with Gasteiger partial charge in [-0.15, -0.1) is 0 Å². The number of halogens is 1. The highest BCUT2D eigenvalue weighted by Crippen LogP contribution is 2.30. The van der Waals surface area contributed by atoms with Crippen LogP contribution in [0.25, 0.3) is 10.9 Å². The quantitative estimate of drug-likeness (QED) is 0.723. The van der Waals surface area contributed by atoms with Crippen LogP contribution in [0.4, 0.5) is 0 Å². The Morgan fingerprint density at radius 1 is 1.43 bits per heavy atom. The van der Waals surface area contributed by atoms with Crippen molar-refractivity contribution in [2.75, 3.05) is 7.11 Å². The van der Waals surface area contributed by atoms with Crippen molar-refractivity contribution in [3.05, 3.63) is 22.8 Å². The van der Waals surface area contributed by atoms with Gasteiger partial charge in [0.1, 0.15) is 5.75 Å². The molecule has 1 aromatic heterocycles. The number of rotatable bonds is 1. The summed E-state index contributed by atoms with van der Waals surface area (Å²) in [6, 6.07) is 3.79. The van der Waals surface area contributed by atoms with E-state index in [1.807, 2.05) is 30.8 Å². The highest BCUT2D eigenvalue weighted by Gasteiger charge is 2.09. The second-order valence-electron chi connectivity index (χ2n) is 3.21. The zero-order chi connectivity index (χ0) is 10.3. The van der Waals surface area contributed by atoms with Crippen LogP contribution in [-0.4, -0.2) is 16.9 Å². The normalized spacial score (nSPS) is 10.9. The number of hydrogen-bond acceptors (Lipinski definition) is 2. The van der Waals surface area contributed by atoms with Gasteiger partial charge >= 0.3 is 0 Å². The van der Waals surface area contributed by atoms with Crippen LogP contribution in [0.15, 0.2) is 12.1 Å². The smallest absolute Gasteiger partial charge is 0.139 e. The second kappa shape index (κ2) is 3.17. The fourth-order valence-corrected chi connectivity index (χ4v) is 1.83. The minimum absolute atomic E-state index is 0.621. The first-order chi connectivity index (χ1) is 6.63. The molecule has 0 saturated carbocycles. The lowest BCUT2D eigenvalue weighted by atomic mass is 10.2. The largest absolute Gasteiger partial charge is 0.495 e. The molecule has 0 radical (unpaired) electrons. The molecule has 0 atom stereocenters. The van der Waals surface area contributed by atoms with E-state index in [0.29, 0.717) is 10.8 Å². The summed E-state index contributed by atoms with van der Waals surface area (Å²) in [5.74, 6) is 0.683. The first kappa shape index (κ1) is 9.34. The van der Waals surface area contributed by atoms with E-state index in [1.54, 1.807) is 7.11 Å². The summed E-state index contributed by atoms with van der Waals surface area (Å²) in [5, 5.41) is 6.00. The fourth-order valence-electron chi connectivity index (χ4n) is 1.59. The molecule has 1 heterocycles. The van der Waals surface area contributed by atoms with Gasteiger partial charge in [0.05, 0.1) is 23.3 Å². The Bertz CT molecular complexity index is 490. The summed E-state index contributed by atoms with van der Waals surface area (Å²) in [4.78, 5) is 0. The van der Waals surface area contributed by atoms with Crippen molar-refractivity contribution < 1.29 is 4.74 Å². The van der Waals surface area contributed by atoms with Crippen LogP contribution in [0, 0.1) is 6.92 Å². The van der Waals surface area contributed by atoms with Crippen molar-refractivity contribution in [1.82, 2.24) is 9.78 Å². The Balaban J connectivity index is 2.82. The third-order valence-electron chi connectivity index (χ3n) is 2.31. The van der Waals surface area contributed by atoms with Crippen LogP contribution in [0.5, 0.6) is 5.75 Å². The summed E-state index contributed by atoms with van der Waals surface area (Å²) in [7, 11) is 3.51. The molecule has 0 spiro atoms. The Hall–Kier alpha value is -1.22. The molecule has 0 saturated heterocycles. The molecule has 0 aliphatic heterocycles. The van der Waals surface area contributed by atoms with Gasteiger partial charge in [0.2, 0.25) is 0 Å². The average molecular weight is 211 g/mol. The first-order valence-electron chi connectivity index (χ1n) is 4.30. The third-order valence-corrected chi connectivity index (χ3v) is 2.60. The minimum atomic E-state index is 0.621. The zero-order valence-electron chi connectivity index (χ0n) is 8.34. The van der Waals surface area contributed by atoms with Gasteiger partial charge < -0.3 is 4.74 Å². The SMILES string of the molecule is COc1cc2c(cc1Cl)c(C)nn2C. The van der Waals surface area contributed by atoms with E-state index >= 15 is 0 Å². The number of benzene rings is 1. The standard InChI is InChI=1S/C10H11ClN2O/c1-6-7-4-8(11)10(14-3)5-9(7)13(2)12-6/h4-5H,1-3H3. The predicted octanol–water partition coefficient (Wildman–Crippen LogP) is 2.54. The number of nitrogens with zero attached hydrogens (tertiary/aromatic N) is 2. The fraction of sp³-hybridized carbons (Fsp3) is 0.300. The maximum Gasteiger partial charge on any atom is 0.139 e. The van der Waals surface area contributed by atoms with Crippen molar-refractivity contribution >= 4 is 22.5 Å². The first-order valence-corrected chi connectivity index (χ1v) is 4.68. The highest BCUT2D eigenvalue weighted by atomic mass is 35.5. The lowest BCUT2D eigenvalue weighted by molar-refractivity contribution is 0.415. The summed E-state index contributed by atoms with van der Waals surface area (Å²) in [6.45, 7) is 1.96. The van der Waals surface area contributed by atoms with Gasteiger partial charge in [-0.2, -0.15) is 5.10 Å². The van der Waals surface area contributed by atoms with Crippen LogP contribution in [0.1, 0.15) is 5.69 Å². The topological polar surface area (TPSA) is 27.1 Å². The molecule has 3 nitrogen and oxygen atoms in total. The molecule has 0 fully saturated rings. The molecule has 0 N–H and O–H groups in total. The monoisotopic (exact) mass is 210 g/mol. The van der Waals surface area contributed by atoms with Crippen molar-refractivity contribution in [2.45, 2.75) is 6.92 Å². The van der Waals surface area contributed by atoms with Crippen LogP contribution in [0.2, 0.25) is 5.02 Å². The van der Waals surface area contributed by atoms with Crippen molar-refractivity contribution in [2.24, 2.45) is 7.05 Å². The van der Waals surface area contributed by atoms with Crippen molar-refractivity contribution in [3.8, 4) is 5.75 Å². The Morgan fingerprint density at radius 2 is 2.14 bits per heavy atom. The lowest BCUT2D eigenvalue weighted by Crippen LogP contribution is -1.90. The summed E-state index contributed by atoms with van der Waals surface area (Å²) < 4.78 is 6.97. The Morgan fingerprint density at radius 3 is 2.79 bits per heavy atom. The highest BCUT2D eigenvalue weighted by molar-refractivity contribution is 6.32. The summed E-state index contributed by atoms with van der Waals surface area (Å²) in [6.07, 6.45) is 0. The van der Waals surface area contributed by atoms with E-state index in [-0.39, 0.29) is 0 Å². The van der Waals surface area contributed by atoms with E-state index in [4.69, 9.17) is 16.3 Å². The molecule has 0 aliphatic carbocycles. The van der Waals surface area contributed by atoms with Crippen LogP contribution in [0.3, 0.4) is 0 Å². The Labute approximate surface area is 87.2 Å². The number of aromatic nitrogens is 2. The van der Waals surface area contributed by atoms with Crippen LogP contribution < -0.4 is 4.74 Å². The molecular weight excluding hydrogens is 200 g/mol. The minimum Gasteiger partial charge on any atom is -0.495 e. The predicted molar refractivity (Wildman–Crippen MR) is 57.0 cm³/mol. The van der Waals surface area contributed by atoms with Gasteiger partial charge in [-0.25, -0.2) is 0 Å². The molecule has 0 amide bonds. The van der Waals surface area contributed by atoms with E-state index < -0.39 is 0 Å². The summed E-state index contributed by atoms with van der Waals surface area (Å²) in [5.41, 5.74) is 2.01. The van der Waals surface area contributed by atoms with E-state index in [0.717, 1.165) is 16.6 Å². The van der Waals surface area contributed by atoms with Gasteiger partial charge in [-0.05, 0) is 13.0 Å². The molecule has 0 unspecified atom stereocenters.